The molecular formula is C10H23N5O6S. The van der Waals surface area contributed by atoms with Crippen molar-refractivity contribution in [3.63, 3.8) is 0 Å². The molecule has 0 saturated carbocycles. The van der Waals surface area contributed by atoms with Gasteiger partial charge in [0.25, 0.3) is 0 Å². The Kier molecular flexibility index (Phi) is 14.6. The van der Waals surface area contributed by atoms with Crippen molar-refractivity contribution in [2.24, 2.45) is 5.73 Å². The van der Waals surface area contributed by atoms with Gasteiger partial charge in [-0.05, 0) is 6.42 Å². The summed E-state index contributed by atoms with van der Waals surface area (Å²) in [6.45, 7) is -0.567. The molecule has 0 heterocycles. The van der Waals surface area contributed by atoms with Crippen molar-refractivity contribution in [3.05, 3.63) is 0 Å². The van der Waals surface area contributed by atoms with E-state index in [1.54, 1.807) is 0 Å². The van der Waals surface area contributed by atoms with Gasteiger partial charge in [-0.1, -0.05) is 0 Å². The summed E-state index contributed by atoms with van der Waals surface area (Å²) in [6, 6.07) is -2.15. The van der Waals surface area contributed by atoms with E-state index in [1.165, 1.54) is 0 Å². The van der Waals surface area contributed by atoms with E-state index in [0.29, 0.717) is 0 Å². The summed E-state index contributed by atoms with van der Waals surface area (Å²) in [5, 5.41) is 21.4. The van der Waals surface area contributed by atoms with E-state index in [4.69, 9.17) is 15.9 Å². The van der Waals surface area contributed by atoms with Gasteiger partial charge in [-0.3, -0.25) is 19.2 Å². The van der Waals surface area contributed by atoms with Crippen molar-refractivity contribution in [2.45, 2.75) is 24.9 Å². The molecule has 0 aliphatic carbocycles. The van der Waals surface area contributed by atoms with Gasteiger partial charge in [0.1, 0.15) is 18.6 Å². The molecule has 0 rings (SSSR count). The van der Waals surface area contributed by atoms with Crippen molar-refractivity contribution in [1.82, 2.24) is 22.9 Å². The number of hydrogen-bond donors (Lipinski definition) is 8. The average Bonchev–Trinajstić information content (AvgIpc) is 2.38. The molecule has 2 unspecified atom stereocenters. The Hall–Kier alpha value is -1.89. The third-order valence-corrected chi connectivity index (χ3v) is 2.61. The highest BCUT2D eigenvalue weighted by atomic mass is 32.1. The molecule has 0 fully saturated rings. The van der Waals surface area contributed by atoms with Crippen molar-refractivity contribution < 1.29 is 29.4 Å². The Morgan fingerprint density at radius 3 is 2.09 bits per heavy atom. The Morgan fingerprint density at radius 2 is 1.68 bits per heavy atom. The number of carbonyl (C=O) groups excluding carboxylic acids is 2. The minimum Gasteiger partial charge on any atom is -0.480 e. The lowest BCUT2D eigenvalue weighted by molar-refractivity contribution is -0.139. The molecule has 12 heteroatoms. The zero-order chi connectivity index (χ0) is 15.7. The van der Waals surface area contributed by atoms with E-state index < -0.39 is 42.4 Å². The summed E-state index contributed by atoms with van der Waals surface area (Å²) in [7, 11) is 0. The van der Waals surface area contributed by atoms with Crippen LogP contribution < -0.4 is 28.7 Å². The summed E-state index contributed by atoms with van der Waals surface area (Å²) < 4.78 is 0. The van der Waals surface area contributed by atoms with Gasteiger partial charge in [-0.15, -0.1) is 0 Å². The Bertz CT molecular complexity index is 394. The molecule has 0 bridgehead atoms. The third-order valence-electron chi connectivity index (χ3n) is 2.25. The first-order chi connectivity index (χ1) is 9.27. The van der Waals surface area contributed by atoms with Crippen LogP contribution >= 0.6 is 12.6 Å². The second-order valence-electron chi connectivity index (χ2n) is 3.90. The van der Waals surface area contributed by atoms with Crippen LogP contribution in [0.1, 0.15) is 12.8 Å². The number of nitrogens with two attached hydrogens (primary N) is 1. The monoisotopic (exact) mass is 341 g/mol. The van der Waals surface area contributed by atoms with Crippen molar-refractivity contribution in [3.8, 4) is 0 Å². The van der Waals surface area contributed by atoms with Crippen molar-refractivity contribution >= 4 is 36.4 Å². The molecule has 12 N–H and O–H groups in total. The van der Waals surface area contributed by atoms with Gasteiger partial charge in [-0.25, -0.2) is 0 Å². The quantitative estimate of drug-likeness (QED) is 0.219. The van der Waals surface area contributed by atoms with Crippen LogP contribution in [0.15, 0.2) is 0 Å². The Morgan fingerprint density at radius 1 is 1.14 bits per heavy atom. The molecule has 0 aliphatic rings. The maximum atomic E-state index is 11.5. The normalized spacial score (nSPS) is 11.9. The number of amides is 2. The lowest BCUT2D eigenvalue weighted by Gasteiger charge is -2.16. The highest BCUT2D eigenvalue weighted by molar-refractivity contribution is 7.80. The topological polar surface area (TPSA) is 229 Å². The number of carboxylic acid groups (broad SMARTS) is 2. The number of nitrogens with one attached hydrogen (secondary N) is 2. The summed E-state index contributed by atoms with van der Waals surface area (Å²) in [6.07, 6.45) is -0.235. The van der Waals surface area contributed by atoms with Crippen LogP contribution in [0.4, 0.5) is 0 Å². The maximum absolute atomic E-state index is 11.5. The van der Waals surface area contributed by atoms with Crippen LogP contribution in [0, 0.1) is 0 Å². The lowest BCUT2D eigenvalue weighted by atomic mass is 10.1. The fourth-order valence-corrected chi connectivity index (χ4v) is 1.41. The predicted molar refractivity (Wildman–Crippen MR) is 81.3 cm³/mol. The molecule has 11 nitrogen and oxygen atoms in total. The van der Waals surface area contributed by atoms with E-state index in [-0.39, 0.29) is 30.9 Å². The highest BCUT2D eigenvalue weighted by Gasteiger charge is 2.20. The van der Waals surface area contributed by atoms with E-state index >= 15 is 0 Å². The number of aliphatic carboxylic acids is 2. The first-order valence-corrected chi connectivity index (χ1v) is 6.29. The van der Waals surface area contributed by atoms with Gasteiger partial charge in [0, 0.05) is 12.2 Å². The Balaban J connectivity index is -0.00000180. The van der Waals surface area contributed by atoms with Crippen molar-refractivity contribution in [2.75, 3.05) is 12.3 Å². The second kappa shape index (κ2) is 12.8. The average molecular weight is 341 g/mol. The molecule has 0 radical (unpaired) electrons. The van der Waals surface area contributed by atoms with E-state index in [0.717, 1.165) is 0 Å². The minimum absolute atomic E-state index is 0. The van der Waals surface area contributed by atoms with Gasteiger partial charge < -0.3 is 38.9 Å². The summed E-state index contributed by atoms with van der Waals surface area (Å²) >= 11 is 3.87. The first kappa shape index (κ1) is 25.1. The summed E-state index contributed by atoms with van der Waals surface area (Å²) in [4.78, 5) is 43.7. The summed E-state index contributed by atoms with van der Waals surface area (Å²) in [5.41, 5.74) is 5.23. The number of rotatable bonds is 9. The SMILES string of the molecule is N.N.NC(CCC(=O)NC(CS)C(=O)NCC(=O)O)C(=O)O. The van der Waals surface area contributed by atoms with Gasteiger partial charge in [0.15, 0.2) is 0 Å². The maximum Gasteiger partial charge on any atom is 0.322 e. The van der Waals surface area contributed by atoms with Crippen molar-refractivity contribution in [1.29, 1.82) is 0 Å². The molecule has 0 aromatic carbocycles. The van der Waals surface area contributed by atoms with Gasteiger partial charge in [0.05, 0.1) is 0 Å². The fourth-order valence-electron chi connectivity index (χ4n) is 1.16. The van der Waals surface area contributed by atoms with Crippen LogP contribution in [0.3, 0.4) is 0 Å². The molecule has 0 aliphatic heterocycles. The van der Waals surface area contributed by atoms with E-state index in [2.05, 4.69) is 23.3 Å². The molecular weight excluding hydrogens is 318 g/mol. The van der Waals surface area contributed by atoms with Gasteiger partial charge in [-0.2, -0.15) is 12.6 Å². The molecule has 0 aromatic rings. The molecule has 22 heavy (non-hydrogen) atoms. The van der Waals surface area contributed by atoms with Crippen LogP contribution in [0.5, 0.6) is 0 Å². The summed E-state index contributed by atoms with van der Waals surface area (Å²) in [5.74, 6) is -3.70. The van der Waals surface area contributed by atoms with Crippen LogP contribution in [-0.2, 0) is 19.2 Å². The standard InChI is InChI=1S/C10H17N3O6S.2H3N/c11-5(10(18)19)1-2-7(14)13-6(4-20)9(17)12-3-8(15)16;;/h5-6,20H,1-4,11H2,(H,12,17)(H,13,14)(H,15,16)(H,18,19);2*1H3. The molecule has 0 saturated heterocycles. The smallest absolute Gasteiger partial charge is 0.322 e. The van der Waals surface area contributed by atoms with Gasteiger partial charge >= 0.3 is 11.9 Å². The zero-order valence-corrected chi connectivity index (χ0v) is 12.8. The second-order valence-corrected chi connectivity index (χ2v) is 4.26. The highest BCUT2D eigenvalue weighted by Crippen LogP contribution is 1.97. The van der Waals surface area contributed by atoms with Crippen LogP contribution in [0.25, 0.3) is 0 Å². The first-order valence-electron chi connectivity index (χ1n) is 5.66. The lowest BCUT2D eigenvalue weighted by Crippen LogP contribution is -2.49. The zero-order valence-electron chi connectivity index (χ0n) is 11.9. The molecule has 130 valence electrons. The fraction of sp³-hybridized carbons (Fsp3) is 0.600. The predicted octanol–water partition coefficient (Wildman–Crippen LogP) is -1.88. The third kappa shape index (κ3) is 10.8. The van der Waals surface area contributed by atoms with Gasteiger partial charge in [0.2, 0.25) is 11.8 Å². The molecule has 0 aromatic heterocycles. The minimum atomic E-state index is -1.22. The van der Waals surface area contributed by atoms with E-state index in [1.807, 2.05) is 0 Å². The number of carbonyl (C=O) groups is 4. The molecule has 2 atom stereocenters. The number of carboxylic acids is 2. The Labute approximate surface area is 132 Å². The van der Waals surface area contributed by atoms with Crippen LogP contribution in [0.2, 0.25) is 0 Å². The van der Waals surface area contributed by atoms with Crippen LogP contribution in [-0.4, -0.2) is 58.3 Å². The number of hydrogen-bond acceptors (Lipinski definition) is 8. The van der Waals surface area contributed by atoms with E-state index in [9.17, 15) is 19.2 Å². The largest absolute Gasteiger partial charge is 0.480 e. The number of thiol groups is 1. The molecule has 0 spiro atoms. The molecule has 2 amide bonds.